The van der Waals surface area contributed by atoms with Crippen molar-refractivity contribution < 1.29 is 9.90 Å². The summed E-state index contributed by atoms with van der Waals surface area (Å²) in [6, 6.07) is 7.90. The molecule has 0 saturated carbocycles. The number of thiazole rings is 1. The standard InChI is InChI=1S/C16H19N3O2S/c1-17-15-19-13(9-22-15)14(20)18-10-16(21)8-4-6-11-5-2-3-7-12(11)16/h2-3,5,7,9,21H,4,6,8,10H2,1H3,(H,17,19)(H,18,20). The molecule has 1 atom stereocenters. The molecule has 1 unspecified atom stereocenters. The number of rotatable bonds is 4. The molecule has 1 aromatic heterocycles. The number of fused-ring (bicyclic) bond motifs is 1. The quantitative estimate of drug-likeness (QED) is 0.808. The van der Waals surface area contributed by atoms with Gasteiger partial charge in [-0.3, -0.25) is 4.79 Å². The van der Waals surface area contributed by atoms with Gasteiger partial charge in [-0.25, -0.2) is 4.98 Å². The van der Waals surface area contributed by atoms with Gasteiger partial charge in [-0.1, -0.05) is 24.3 Å². The molecule has 0 bridgehead atoms. The molecule has 6 heteroatoms. The van der Waals surface area contributed by atoms with E-state index in [4.69, 9.17) is 0 Å². The highest BCUT2D eigenvalue weighted by Gasteiger charge is 2.34. The van der Waals surface area contributed by atoms with Crippen molar-refractivity contribution in [1.29, 1.82) is 0 Å². The van der Waals surface area contributed by atoms with Gasteiger partial charge in [0.05, 0.1) is 6.54 Å². The van der Waals surface area contributed by atoms with Crippen molar-refractivity contribution >= 4 is 22.4 Å². The van der Waals surface area contributed by atoms with Crippen LogP contribution in [-0.4, -0.2) is 29.6 Å². The number of aliphatic hydroxyl groups is 1. The highest BCUT2D eigenvalue weighted by Crippen LogP contribution is 2.34. The largest absolute Gasteiger partial charge is 0.383 e. The van der Waals surface area contributed by atoms with Crippen LogP contribution >= 0.6 is 11.3 Å². The summed E-state index contributed by atoms with van der Waals surface area (Å²) in [7, 11) is 1.77. The van der Waals surface area contributed by atoms with Crippen LogP contribution in [0.5, 0.6) is 0 Å². The van der Waals surface area contributed by atoms with Gasteiger partial charge in [-0.05, 0) is 30.4 Å². The van der Waals surface area contributed by atoms with E-state index in [1.54, 1.807) is 12.4 Å². The molecule has 0 aliphatic heterocycles. The van der Waals surface area contributed by atoms with Crippen molar-refractivity contribution in [1.82, 2.24) is 10.3 Å². The molecule has 1 amide bonds. The van der Waals surface area contributed by atoms with Gasteiger partial charge in [0, 0.05) is 12.4 Å². The maximum absolute atomic E-state index is 12.2. The zero-order valence-electron chi connectivity index (χ0n) is 12.4. The lowest BCUT2D eigenvalue weighted by atomic mass is 9.79. The first-order valence-electron chi connectivity index (χ1n) is 7.35. The number of aryl methyl sites for hydroxylation is 1. The normalized spacial score (nSPS) is 20.3. The number of amides is 1. The van der Waals surface area contributed by atoms with Crippen LogP contribution in [0, 0.1) is 0 Å². The van der Waals surface area contributed by atoms with Crippen LogP contribution in [0.4, 0.5) is 5.13 Å². The van der Waals surface area contributed by atoms with Crippen LogP contribution in [0.3, 0.4) is 0 Å². The summed E-state index contributed by atoms with van der Waals surface area (Å²) in [6.45, 7) is 0.204. The molecule has 2 aromatic rings. The van der Waals surface area contributed by atoms with Crippen LogP contribution in [0.15, 0.2) is 29.6 Å². The minimum absolute atomic E-state index is 0.204. The summed E-state index contributed by atoms with van der Waals surface area (Å²) in [5.41, 5.74) is 1.47. The van der Waals surface area contributed by atoms with Crippen LogP contribution in [0.25, 0.3) is 0 Å². The molecule has 1 aromatic carbocycles. The van der Waals surface area contributed by atoms with Gasteiger partial charge in [0.1, 0.15) is 11.3 Å². The van der Waals surface area contributed by atoms with E-state index >= 15 is 0 Å². The second-order valence-corrected chi connectivity index (χ2v) is 6.37. The third-order valence-corrected chi connectivity index (χ3v) is 4.91. The minimum Gasteiger partial charge on any atom is -0.383 e. The van der Waals surface area contributed by atoms with E-state index in [1.807, 2.05) is 24.3 Å². The first kappa shape index (κ1) is 15.0. The van der Waals surface area contributed by atoms with Gasteiger partial charge in [-0.15, -0.1) is 11.3 Å². The van der Waals surface area contributed by atoms with Gasteiger partial charge in [-0.2, -0.15) is 0 Å². The Hall–Kier alpha value is -1.92. The Morgan fingerprint density at radius 2 is 2.27 bits per heavy atom. The summed E-state index contributed by atoms with van der Waals surface area (Å²) in [6.07, 6.45) is 2.55. The molecule has 22 heavy (non-hydrogen) atoms. The minimum atomic E-state index is -0.994. The zero-order valence-corrected chi connectivity index (χ0v) is 13.2. The Balaban J connectivity index is 1.72. The molecule has 3 rings (SSSR count). The molecule has 0 radical (unpaired) electrons. The van der Waals surface area contributed by atoms with E-state index in [0.29, 0.717) is 17.2 Å². The summed E-state index contributed by atoms with van der Waals surface area (Å²) >= 11 is 1.38. The van der Waals surface area contributed by atoms with Crippen molar-refractivity contribution in [2.24, 2.45) is 0 Å². The lowest BCUT2D eigenvalue weighted by Gasteiger charge is -2.34. The number of aromatic nitrogens is 1. The van der Waals surface area contributed by atoms with Crippen molar-refractivity contribution in [2.45, 2.75) is 24.9 Å². The second kappa shape index (κ2) is 6.06. The van der Waals surface area contributed by atoms with Crippen molar-refractivity contribution in [3.63, 3.8) is 0 Å². The molecule has 5 nitrogen and oxygen atoms in total. The van der Waals surface area contributed by atoms with Gasteiger partial charge in [0.25, 0.3) is 5.91 Å². The highest BCUT2D eigenvalue weighted by atomic mass is 32.1. The molecular weight excluding hydrogens is 298 g/mol. The van der Waals surface area contributed by atoms with Gasteiger partial charge < -0.3 is 15.7 Å². The highest BCUT2D eigenvalue weighted by molar-refractivity contribution is 7.13. The maximum atomic E-state index is 12.2. The van der Waals surface area contributed by atoms with E-state index in [2.05, 4.69) is 15.6 Å². The number of carbonyl (C=O) groups is 1. The molecule has 1 aliphatic rings. The summed E-state index contributed by atoms with van der Waals surface area (Å²) in [5.74, 6) is -0.255. The van der Waals surface area contributed by atoms with E-state index < -0.39 is 5.60 Å². The molecule has 0 spiro atoms. The Morgan fingerprint density at radius 1 is 1.45 bits per heavy atom. The molecule has 1 heterocycles. The fourth-order valence-corrected chi connectivity index (χ4v) is 3.54. The molecule has 116 valence electrons. The van der Waals surface area contributed by atoms with Gasteiger partial charge >= 0.3 is 0 Å². The number of nitrogens with zero attached hydrogens (tertiary/aromatic N) is 1. The number of anilines is 1. The lowest BCUT2D eigenvalue weighted by molar-refractivity contribution is 0.0189. The van der Waals surface area contributed by atoms with E-state index in [1.165, 1.54) is 11.3 Å². The molecule has 0 saturated heterocycles. The number of nitrogens with one attached hydrogen (secondary N) is 2. The second-order valence-electron chi connectivity index (χ2n) is 5.51. The smallest absolute Gasteiger partial charge is 0.270 e. The Bertz CT molecular complexity index is 686. The average Bonchev–Trinajstić information content (AvgIpc) is 3.02. The fourth-order valence-electron chi connectivity index (χ4n) is 2.89. The first-order chi connectivity index (χ1) is 10.6. The monoisotopic (exact) mass is 317 g/mol. The van der Waals surface area contributed by atoms with Crippen molar-refractivity contribution in [3.8, 4) is 0 Å². The number of hydrogen-bond donors (Lipinski definition) is 3. The predicted molar refractivity (Wildman–Crippen MR) is 87.3 cm³/mol. The maximum Gasteiger partial charge on any atom is 0.270 e. The Labute approximate surface area is 133 Å². The Kier molecular flexibility index (Phi) is 4.13. The van der Waals surface area contributed by atoms with Gasteiger partial charge in [0.15, 0.2) is 5.13 Å². The van der Waals surface area contributed by atoms with Crippen LogP contribution in [-0.2, 0) is 12.0 Å². The van der Waals surface area contributed by atoms with Crippen LogP contribution in [0.2, 0.25) is 0 Å². The van der Waals surface area contributed by atoms with E-state index in [0.717, 1.165) is 24.0 Å². The van der Waals surface area contributed by atoms with Crippen LogP contribution in [0.1, 0.15) is 34.5 Å². The number of benzene rings is 1. The average molecular weight is 317 g/mol. The fraction of sp³-hybridized carbons (Fsp3) is 0.375. The summed E-state index contributed by atoms with van der Waals surface area (Å²) in [4.78, 5) is 16.3. The topological polar surface area (TPSA) is 74.2 Å². The predicted octanol–water partition coefficient (Wildman–Crippen LogP) is 2.14. The van der Waals surface area contributed by atoms with Crippen molar-refractivity contribution in [3.05, 3.63) is 46.5 Å². The summed E-state index contributed by atoms with van der Waals surface area (Å²) in [5, 5.41) is 19.1. The van der Waals surface area contributed by atoms with E-state index in [-0.39, 0.29) is 12.5 Å². The lowest BCUT2D eigenvalue weighted by Crippen LogP contribution is -2.43. The van der Waals surface area contributed by atoms with Gasteiger partial charge in [0.2, 0.25) is 0 Å². The number of hydrogen-bond acceptors (Lipinski definition) is 5. The van der Waals surface area contributed by atoms with Crippen LogP contribution < -0.4 is 10.6 Å². The third-order valence-electron chi connectivity index (χ3n) is 4.05. The third kappa shape index (κ3) is 2.84. The zero-order chi connectivity index (χ0) is 15.6. The molecule has 0 fully saturated rings. The Morgan fingerprint density at radius 3 is 3.05 bits per heavy atom. The van der Waals surface area contributed by atoms with E-state index in [9.17, 15) is 9.90 Å². The molecular formula is C16H19N3O2S. The molecule has 3 N–H and O–H groups in total. The number of carbonyl (C=O) groups excluding carboxylic acids is 1. The first-order valence-corrected chi connectivity index (χ1v) is 8.22. The van der Waals surface area contributed by atoms with Crippen molar-refractivity contribution in [2.75, 3.05) is 18.9 Å². The summed E-state index contributed by atoms with van der Waals surface area (Å²) < 4.78 is 0. The SMILES string of the molecule is CNc1nc(C(=O)NCC2(O)CCCc3ccccc32)cs1. The molecule has 1 aliphatic carbocycles.